The number of nitrogens with one attached hydrogen (secondary N) is 2. The molecule has 2 heterocycles. The Bertz CT molecular complexity index is 278. The van der Waals surface area contributed by atoms with Gasteiger partial charge in [0.1, 0.15) is 0 Å². The summed E-state index contributed by atoms with van der Waals surface area (Å²) in [5.74, 6) is 0. The van der Waals surface area contributed by atoms with Crippen LogP contribution in [0, 0.1) is 0 Å². The summed E-state index contributed by atoms with van der Waals surface area (Å²) in [7, 11) is 0. The summed E-state index contributed by atoms with van der Waals surface area (Å²) in [5.41, 5.74) is 3.52. The van der Waals surface area contributed by atoms with Gasteiger partial charge in [0.05, 0.1) is 0 Å². The Kier molecular flexibility index (Phi) is 1.32. The maximum absolute atomic E-state index is 3.90. The Morgan fingerprint density at radius 1 is 1.27 bits per heavy atom. The van der Waals surface area contributed by atoms with E-state index in [2.05, 4.69) is 29.4 Å². The van der Waals surface area contributed by atoms with Crippen LogP contribution in [0.1, 0.15) is 0 Å². The minimum absolute atomic E-state index is 0.877. The number of rotatable bonds is 0. The first-order chi connectivity index (χ1) is 5.38. The van der Waals surface area contributed by atoms with E-state index in [1.54, 1.807) is 0 Å². The Morgan fingerprint density at radius 3 is 2.91 bits per heavy atom. The van der Waals surface area contributed by atoms with E-state index in [9.17, 15) is 0 Å². The molecule has 0 atom stereocenters. The number of hydrogen-bond donors (Lipinski definition) is 2. The first kappa shape index (κ1) is 6.28. The second-order valence-corrected chi connectivity index (χ2v) is 2.60. The van der Waals surface area contributed by atoms with Crippen LogP contribution >= 0.6 is 0 Å². The Morgan fingerprint density at radius 2 is 2.09 bits per heavy atom. The van der Waals surface area contributed by atoms with Crippen molar-refractivity contribution in [2.24, 2.45) is 0 Å². The molecule has 0 fully saturated rings. The molecule has 2 nitrogen and oxygen atoms in total. The molecule has 0 spiro atoms. The summed E-state index contributed by atoms with van der Waals surface area (Å²) in [6.45, 7) is 4.78. The predicted molar refractivity (Wildman–Crippen MR) is 45.6 cm³/mol. The zero-order valence-corrected chi connectivity index (χ0v) is 6.22. The van der Waals surface area contributed by atoms with Crippen molar-refractivity contribution in [2.75, 3.05) is 6.54 Å². The van der Waals surface area contributed by atoms with Crippen LogP contribution in [0.3, 0.4) is 0 Å². The van der Waals surface area contributed by atoms with Crippen LogP contribution in [0.2, 0.25) is 0 Å². The fourth-order valence-corrected chi connectivity index (χ4v) is 1.27. The molecule has 2 heteroatoms. The molecular formula is C9H10N2. The molecule has 0 aromatic rings. The van der Waals surface area contributed by atoms with Crippen LogP contribution in [-0.4, -0.2) is 6.54 Å². The zero-order chi connectivity index (χ0) is 7.68. The fourth-order valence-electron chi connectivity index (χ4n) is 1.27. The van der Waals surface area contributed by atoms with Crippen LogP contribution in [0.4, 0.5) is 0 Å². The topological polar surface area (TPSA) is 24.1 Å². The van der Waals surface area contributed by atoms with Crippen LogP contribution in [0.15, 0.2) is 48.0 Å². The van der Waals surface area contributed by atoms with Crippen molar-refractivity contribution in [2.45, 2.75) is 0 Å². The van der Waals surface area contributed by atoms with Gasteiger partial charge in [0.15, 0.2) is 0 Å². The average molecular weight is 146 g/mol. The van der Waals surface area contributed by atoms with Gasteiger partial charge in [-0.05, 0) is 23.9 Å². The molecule has 2 aliphatic rings. The van der Waals surface area contributed by atoms with E-state index in [1.165, 1.54) is 11.1 Å². The molecule has 11 heavy (non-hydrogen) atoms. The number of dihydropyridines is 2. The van der Waals surface area contributed by atoms with Gasteiger partial charge in [0, 0.05) is 24.0 Å². The van der Waals surface area contributed by atoms with Crippen molar-refractivity contribution < 1.29 is 0 Å². The average Bonchev–Trinajstić information content (AvgIpc) is 2.06. The molecule has 2 N–H and O–H groups in total. The largest absolute Gasteiger partial charge is 0.387 e. The van der Waals surface area contributed by atoms with E-state index in [0.717, 1.165) is 12.2 Å². The van der Waals surface area contributed by atoms with Crippen LogP contribution in [0.25, 0.3) is 0 Å². The molecule has 2 rings (SSSR count). The van der Waals surface area contributed by atoms with Crippen molar-refractivity contribution in [3.8, 4) is 0 Å². The molecule has 0 saturated heterocycles. The standard InChI is InChI=1S/C9H10N2/c1-7-9-6-10-4-2-8(9)3-5-11-7/h2-5,10-11H,1,6H2. The summed E-state index contributed by atoms with van der Waals surface area (Å²) in [5, 5.41) is 6.22. The maximum atomic E-state index is 3.90. The Labute approximate surface area is 66.0 Å². The highest BCUT2D eigenvalue weighted by molar-refractivity contribution is 5.49. The lowest BCUT2D eigenvalue weighted by Gasteiger charge is -2.20. The predicted octanol–water partition coefficient (Wildman–Crippen LogP) is 1.03. The van der Waals surface area contributed by atoms with E-state index < -0.39 is 0 Å². The summed E-state index contributed by atoms with van der Waals surface area (Å²) in [6, 6.07) is 0. The first-order valence-corrected chi connectivity index (χ1v) is 3.63. The van der Waals surface area contributed by atoms with Gasteiger partial charge in [0.2, 0.25) is 0 Å². The van der Waals surface area contributed by atoms with Gasteiger partial charge in [-0.2, -0.15) is 0 Å². The zero-order valence-electron chi connectivity index (χ0n) is 6.22. The van der Waals surface area contributed by atoms with E-state index in [1.807, 2.05) is 12.4 Å². The molecule has 0 bridgehead atoms. The summed E-state index contributed by atoms with van der Waals surface area (Å²) in [4.78, 5) is 0. The first-order valence-electron chi connectivity index (χ1n) is 3.63. The molecule has 0 radical (unpaired) electrons. The number of allylic oxidation sites excluding steroid dienone is 3. The molecule has 0 aromatic carbocycles. The lowest BCUT2D eigenvalue weighted by molar-refractivity contribution is 0.879. The van der Waals surface area contributed by atoms with Gasteiger partial charge < -0.3 is 10.6 Å². The molecule has 0 amide bonds. The van der Waals surface area contributed by atoms with Crippen molar-refractivity contribution in [3.05, 3.63) is 48.0 Å². The van der Waals surface area contributed by atoms with Gasteiger partial charge in [-0.3, -0.25) is 0 Å². The van der Waals surface area contributed by atoms with Gasteiger partial charge >= 0.3 is 0 Å². The van der Waals surface area contributed by atoms with Crippen molar-refractivity contribution in [3.63, 3.8) is 0 Å². The van der Waals surface area contributed by atoms with E-state index >= 15 is 0 Å². The monoisotopic (exact) mass is 146 g/mol. The Balaban J connectivity index is 2.43. The highest BCUT2D eigenvalue weighted by Crippen LogP contribution is 2.19. The van der Waals surface area contributed by atoms with Crippen molar-refractivity contribution in [1.29, 1.82) is 0 Å². The smallest absolute Gasteiger partial charge is 0.0421 e. The van der Waals surface area contributed by atoms with Gasteiger partial charge in [-0.15, -0.1) is 0 Å². The van der Waals surface area contributed by atoms with E-state index in [0.29, 0.717) is 0 Å². The van der Waals surface area contributed by atoms with Gasteiger partial charge in [-0.1, -0.05) is 6.58 Å². The molecule has 2 aliphatic heterocycles. The normalized spacial score (nSPS) is 20.9. The molecule has 56 valence electrons. The summed E-state index contributed by atoms with van der Waals surface area (Å²) < 4.78 is 0. The quantitative estimate of drug-likeness (QED) is 0.533. The summed E-state index contributed by atoms with van der Waals surface area (Å²) >= 11 is 0. The van der Waals surface area contributed by atoms with Crippen LogP contribution in [-0.2, 0) is 0 Å². The lowest BCUT2D eigenvalue weighted by atomic mass is 10.0. The fraction of sp³-hybridized carbons (Fsp3) is 0.111. The van der Waals surface area contributed by atoms with Gasteiger partial charge in [-0.25, -0.2) is 0 Å². The van der Waals surface area contributed by atoms with E-state index in [4.69, 9.17) is 0 Å². The third kappa shape index (κ3) is 0.963. The molecule has 0 saturated carbocycles. The third-order valence-corrected chi connectivity index (χ3v) is 1.89. The minimum atomic E-state index is 0.877. The Hall–Kier alpha value is -1.44. The molecule has 0 aromatic heterocycles. The highest BCUT2D eigenvalue weighted by Gasteiger charge is 2.11. The molecular weight excluding hydrogens is 136 g/mol. The maximum Gasteiger partial charge on any atom is 0.0421 e. The second kappa shape index (κ2) is 2.31. The van der Waals surface area contributed by atoms with Crippen LogP contribution in [0.5, 0.6) is 0 Å². The minimum Gasteiger partial charge on any atom is -0.387 e. The second-order valence-electron chi connectivity index (χ2n) is 2.60. The van der Waals surface area contributed by atoms with Crippen molar-refractivity contribution >= 4 is 0 Å². The van der Waals surface area contributed by atoms with Gasteiger partial charge in [0.25, 0.3) is 0 Å². The SMILES string of the molecule is C=C1NC=CC2=C1CNC=C2. The lowest BCUT2D eigenvalue weighted by Crippen LogP contribution is -2.22. The molecule has 0 unspecified atom stereocenters. The highest BCUT2D eigenvalue weighted by atomic mass is 14.9. The summed E-state index contributed by atoms with van der Waals surface area (Å²) in [6.07, 6.45) is 7.99. The van der Waals surface area contributed by atoms with E-state index in [-0.39, 0.29) is 0 Å². The third-order valence-electron chi connectivity index (χ3n) is 1.89. The molecule has 0 aliphatic carbocycles. The van der Waals surface area contributed by atoms with Crippen LogP contribution < -0.4 is 10.6 Å². The van der Waals surface area contributed by atoms with Crippen molar-refractivity contribution in [1.82, 2.24) is 10.6 Å². The number of hydrogen-bond acceptors (Lipinski definition) is 2.